The number of carbonyl (C=O) groups is 2. The maximum absolute atomic E-state index is 12.7. The lowest BCUT2D eigenvalue weighted by Crippen LogP contribution is -2.51. The third-order valence-electron chi connectivity index (χ3n) is 5.48. The highest BCUT2D eigenvalue weighted by Crippen LogP contribution is 2.50. The number of aromatic nitrogens is 2. The summed E-state index contributed by atoms with van der Waals surface area (Å²) in [7, 11) is 0. The Morgan fingerprint density at radius 1 is 1.14 bits per heavy atom. The summed E-state index contributed by atoms with van der Waals surface area (Å²) in [5.41, 5.74) is 1.04. The van der Waals surface area contributed by atoms with Gasteiger partial charge in [-0.2, -0.15) is 5.10 Å². The summed E-state index contributed by atoms with van der Waals surface area (Å²) in [4.78, 5) is 30.4. The molecule has 28 heavy (non-hydrogen) atoms. The van der Waals surface area contributed by atoms with Gasteiger partial charge < -0.3 is 14.2 Å². The first-order chi connectivity index (χ1) is 13.7. The van der Waals surface area contributed by atoms with Crippen molar-refractivity contribution in [3.8, 4) is 11.5 Å². The van der Waals surface area contributed by atoms with Gasteiger partial charge in [0.2, 0.25) is 5.91 Å². The molecule has 1 saturated carbocycles. The summed E-state index contributed by atoms with van der Waals surface area (Å²) in [6.07, 6.45) is 2.53. The van der Waals surface area contributed by atoms with E-state index in [0.717, 1.165) is 6.42 Å². The molecule has 5 rings (SSSR count). The number of piperazine rings is 1. The molecule has 1 aliphatic carbocycles. The van der Waals surface area contributed by atoms with Gasteiger partial charge in [0.15, 0.2) is 11.5 Å². The molecule has 8 heteroatoms. The molecule has 0 spiro atoms. The van der Waals surface area contributed by atoms with E-state index < -0.39 is 0 Å². The topological polar surface area (TPSA) is 82.4 Å². The molecule has 144 valence electrons. The zero-order valence-corrected chi connectivity index (χ0v) is 16.0. The third-order valence-corrected chi connectivity index (χ3v) is 6.48. The minimum Gasteiger partial charge on any atom is -0.463 e. The molecular formula is C20H20N4O3S. The predicted octanol–water partition coefficient (Wildman–Crippen LogP) is 2.82. The van der Waals surface area contributed by atoms with Gasteiger partial charge in [0.05, 0.1) is 6.26 Å². The van der Waals surface area contributed by atoms with E-state index in [1.807, 2.05) is 17.0 Å². The molecule has 7 nitrogen and oxygen atoms in total. The number of thiophene rings is 1. The van der Waals surface area contributed by atoms with Crippen molar-refractivity contribution in [2.24, 2.45) is 5.92 Å². The van der Waals surface area contributed by atoms with E-state index in [1.165, 1.54) is 4.88 Å². The second-order valence-corrected chi connectivity index (χ2v) is 8.21. The smallest absolute Gasteiger partial charge is 0.274 e. The first-order valence-electron chi connectivity index (χ1n) is 9.41. The third kappa shape index (κ3) is 3.13. The Balaban J connectivity index is 1.17. The molecule has 2 amide bonds. The number of carbonyl (C=O) groups excluding carboxylic acids is 2. The SMILES string of the molecule is O=C(c1cc(-c2ccco2)[nH]n1)N1CCN(C(=O)C2CC2c2cccs2)CC1. The van der Waals surface area contributed by atoms with Crippen molar-refractivity contribution in [2.45, 2.75) is 12.3 Å². The van der Waals surface area contributed by atoms with E-state index in [-0.39, 0.29) is 17.7 Å². The molecule has 1 saturated heterocycles. The van der Waals surface area contributed by atoms with Crippen molar-refractivity contribution >= 4 is 23.2 Å². The second-order valence-electron chi connectivity index (χ2n) is 7.23. The summed E-state index contributed by atoms with van der Waals surface area (Å²) in [5, 5.41) is 9.03. The average molecular weight is 396 g/mol. The van der Waals surface area contributed by atoms with Crippen LogP contribution in [0.3, 0.4) is 0 Å². The lowest BCUT2D eigenvalue weighted by atomic mass is 10.2. The molecule has 0 aromatic carbocycles. The molecule has 2 aliphatic rings. The quantitative estimate of drug-likeness (QED) is 0.735. The first-order valence-corrected chi connectivity index (χ1v) is 10.3. The largest absolute Gasteiger partial charge is 0.463 e. The van der Waals surface area contributed by atoms with Gasteiger partial charge in [-0.3, -0.25) is 14.7 Å². The standard InChI is InChI=1S/C20H20N4O3S/c25-19(14-11-13(14)18-4-2-10-28-18)23-5-7-24(8-6-23)20(26)16-12-15(21-22-16)17-3-1-9-27-17/h1-4,9-10,12-14H,5-8,11H2,(H,21,22). The maximum atomic E-state index is 12.7. The Bertz CT molecular complexity index is 971. The van der Waals surface area contributed by atoms with E-state index in [2.05, 4.69) is 21.6 Å². The fourth-order valence-electron chi connectivity index (χ4n) is 3.80. The molecule has 1 aliphatic heterocycles. The van der Waals surface area contributed by atoms with E-state index in [1.54, 1.807) is 34.6 Å². The van der Waals surface area contributed by atoms with Crippen LogP contribution in [0.4, 0.5) is 0 Å². The second kappa shape index (κ2) is 6.94. The van der Waals surface area contributed by atoms with Crippen molar-refractivity contribution < 1.29 is 14.0 Å². The van der Waals surface area contributed by atoms with Crippen LogP contribution in [-0.2, 0) is 4.79 Å². The van der Waals surface area contributed by atoms with Crippen molar-refractivity contribution in [3.63, 3.8) is 0 Å². The minimum absolute atomic E-state index is 0.114. The number of nitrogens with zero attached hydrogens (tertiary/aromatic N) is 3. The summed E-state index contributed by atoms with van der Waals surface area (Å²) in [6.45, 7) is 2.22. The lowest BCUT2D eigenvalue weighted by molar-refractivity contribution is -0.134. The Kier molecular flexibility index (Phi) is 4.27. The van der Waals surface area contributed by atoms with E-state index in [4.69, 9.17) is 4.42 Å². The van der Waals surface area contributed by atoms with Gasteiger partial charge in [-0.15, -0.1) is 11.3 Å². The Hall–Kier alpha value is -2.87. The molecule has 2 atom stereocenters. The molecule has 0 bridgehead atoms. The number of aromatic amines is 1. The van der Waals surface area contributed by atoms with Gasteiger partial charge in [-0.1, -0.05) is 6.07 Å². The van der Waals surface area contributed by atoms with E-state index in [0.29, 0.717) is 49.2 Å². The Labute approximate surface area is 165 Å². The normalized spacial score (nSPS) is 21.7. The minimum atomic E-state index is -0.121. The van der Waals surface area contributed by atoms with E-state index in [9.17, 15) is 9.59 Å². The van der Waals surface area contributed by atoms with Crippen LogP contribution in [-0.4, -0.2) is 58.0 Å². The Morgan fingerprint density at radius 2 is 1.96 bits per heavy atom. The number of furan rings is 1. The summed E-state index contributed by atoms with van der Waals surface area (Å²) < 4.78 is 5.32. The molecule has 4 heterocycles. The molecule has 3 aromatic heterocycles. The fourth-order valence-corrected chi connectivity index (χ4v) is 4.71. The number of H-pyrrole nitrogens is 1. The van der Waals surface area contributed by atoms with Crippen molar-refractivity contribution in [1.29, 1.82) is 0 Å². The van der Waals surface area contributed by atoms with Crippen LogP contribution in [0.5, 0.6) is 0 Å². The van der Waals surface area contributed by atoms with Gasteiger partial charge in [0, 0.05) is 49.0 Å². The van der Waals surface area contributed by atoms with E-state index >= 15 is 0 Å². The maximum Gasteiger partial charge on any atom is 0.274 e. The van der Waals surface area contributed by atoms with Gasteiger partial charge >= 0.3 is 0 Å². The highest BCUT2D eigenvalue weighted by Gasteiger charge is 2.46. The number of nitrogens with one attached hydrogen (secondary N) is 1. The Morgan fingerprint density at radius 3 is 2.68 bits per heavy atom. The zero-order valence-electron chi connectivity index (χ0n) is 15.2. The van der Waals surface area contributed by atoms with Crippen LogP contribution in [0.2, 0.25) is 0 Å². The predicted molar refractivity (Wildman–Crippen MR) is 104 cm³/mol. The number of hydrogen-bond donors (Lipinski definition) is 1. The zero-order chi connectivity index (χ0) is 19.1. The van der Waals surface area contributed by atoms with Crippen LogP contribution in [0.15, 0.2) is 46.4 Å². The van der Waals surface area contributed by atoms with Gasteiger partial charge in [0.25, 0.3) is 5.91 Å². The van der Waals surface area contributed by atoms with Crippen LogP contribution >= 0.6 is 11.3 Å². The van der Waals surface area contributed by atoms with Crippen LogP contribution in [0, 0.1) is 5.92 Å². The highest BCUT2D eigenvalue weighted by atomic mass is 32.1. The fraction of sp³-hybridized carbons (Fsp3) is 0.350. The summed E-state index contributed by atoms with van der Waals surface area (Å²) in [6, 6.07) is 9.45. The van der Waals surface area contributed by atoms with Gasteiger partial charge in [0.1, 0.15) is 5.69 Å². The monoisotopic (exact) mass is 396 g/mol. The summed E-state index contributed by atoms with van der Waals surface area (Å²) in [5.74, 6) is 1.25. The molecule has 0 radical (unpaired) electrons. The van der Waals surface area contributed by atoms with Crippen LogP contribution < -0.4 is 0 Å². The molecule has 1 N–H and O–H groups in total. The van der Waals surface area contributed by atoms with Crippen molar-refractivity contribution in [1.82, 2.24) is 20.0 Å². The number of rotatable bonds is 4. The summed E-state index contributed by atoms with van der Waals surface area (Å²) >= 11 is 1.72. The lowest BCUT2D eigenvalue weighted by Gasteiger charge is -2.34. The van der Waals surface area contributed by atoms with Crippen LogP contribution in [0.1, 0.15) is 27.7 Å². The van der Waals surface area contributed by atoms with Gasteiger partial charge in [-0.25, -0.2) is 0 Å². The van der Waals surface area contributed by atoms with Crippen molar-refractivity contribution in [2.75, 3.05) is 26.2 Å². The first kappa shape index (κ1) is 17.2. The highest BCUT2D eigenvalue weighted by molar-refractivity contribution is 7.10. The van der Waals surface area contributed by atoms with Crippen LogP contribution in [0.25, 0.3) is 11.5 Å². The number of hydrogen-bond acceptors (Lipinski definition) is 5. The molecular weight excluding hydrogens is 376 g/mol. The number of amides is 2. The average Bonchev–Trinajstić information content (AvgIpc) is 3.21. The molecule has 2 unspecified atom stereocenters. The van der Waals surface area contributed by atoms with Gasteiger partial charge in [-0.05, 0) is 30.0 Å². The molecule has 2 fully saturated rings. The van der Waals surface area contributed by atoms with Crippen molar-refractivity contribution in [3.05, 3.63) is 52.5 Å². The molecule has 3 aromatic rings.